The van der Waals surface area contributed by atoms with Crippen LogP contribution in [0.3, 0.4) is 0 Å². The molecule has 0 spiro atoms. The number of carbonyl (C=O) groups excluding carboxylic acids is 1. The first-order valence-corrected chi connectivity index (χ1v) is 3.07. The Balaban J connectivity index is 3.74. The molecule has 0 saturated carbocycles. The Kier molecular flexibility index (Phi) is 3.95. The molecule has 1 amide bonds. The van der Waals surface area contributed by atoms with Gasteiger partial charge in [0, 0.05) is 11.8 Å². The number of carbonyl (C=O) groups is 1. The van der Waals surface area contributed by atoms with Gasteiger partial charge < -0.3 is 11.1 Å². The minimum Gasteiger partial charge on any atom is -0.384 e. The molecular weight excluding hydrogens is 147 g/mol. The van der Waals surface area contributed by atoms with Crippen LogP contribution in [0.4, 0.5) is 4.39 Å². The number of nitrogens with one attached hydrogen (secondary N) is 1. The lowest BCUT2D eigenvalue weighted by molar-refractivity contribution is -0.114. The van der Waals surface area contributed by atoms with Gasteiger partial charge in [0.2, 0.25) is 5.91 Å². The van der Waals surface area contributed by atoms with Crippen LogP contribution in [0.5, 0.6) is 0 Å². The normalized spacial score (nSPS) is 10.9. The quantitative estimate of drug-likeness (QED) is 0.583. The van der Waals surface area contributed by atoms with Gasteiger partial charge in [-0.3, -0.25) is 4.79 Å². The lowest BCUT2D eigenvalue weighted by Gasteiger charge is -1.97. The van der Waals surface area contributed by atoms with Crippen molar-refractivity contribution in [2.24, 2.45) is 5.73 Å². The van der Waals surface area contributed by atoms with Crippen molar-refractivity contribution in [1.82, 2.24) is 5.32 Å². The number of halogens is 1. The summed E-state index contributed by atoms with van der Waals surface area (Å²) >= 11 is 0. The SMILES string of the molecule is C=C(F)CN/C=C(/C)C(N)=O. The third-order valence-corrected chi connectivity index (χ3v) is 1.00. The second-order valence-electron chi connectivity index (χ2n) is 2.09. The third kappa shape index (κ3) is 5.14. The molecule has 4 heteroatoms. The molecule has 0 heterocycles. The average Bonchev–Trinajstić information content (AvgIpc) is 1.86. The van der Waals surface area contributed by atoms with Gasteiger partial charge in [0.15, 0.2) is 0 Å². The van der Waals surface area contributed by atoms with E-state index in [2.05, 4.69) is 11.9 Å². The number of nitrogens with two attached hydrogens (primary N) is 1. The van der Waals surface area contributed by atoms with Crippen molar-refractivity contribution in [2.75, 3.05) is 6.54 Å². The van der Waals surface area contributed by atoms with E-state index in [-0.39, 0.29) is 6.54 Å². The maximum absolute atomic E-state index is 12.0. The molecule has 0 aromatic carbocycles. The molecule has 11 heavy (non-hydrogen) atoms. The molecular formula is C7H11FN2O. The molecule has 0 aromatic heterocycles. The molecule has 0 atom stereocenters. The van der Waals surface area contributed by atoms with Gasteiger partial charge in [0.1, 0.15) is 5.83 Å². The van der Waals surface area contributed by atoms with Crippen LogP contribution in [0, 0.1) is 0 Å². The Morgan fingerprint density at radius 3 is 2.73 bits per heavy atom. The minimum atomic E-state index is -0.526. The van der Waals surface area contributed by atoms with Crippen molar-refractivity contribution in [3.63, 3.8) is 0 Å². The molecule has 0 aliphatic carbocycles. The van der Waals surface area contributed by atoms with E-state index < -0.39 is 11.7 Å². The van der Waals surface area contributed by atoms with E-state index in [9.17, 15) is 9.18 Å². The zero-order valence-corrected chi connectivity index (χ0v) is 6.36. The predicted molar refractivity (Wildman–Crippen MR) is 41.2 cm³/mol. The topological polar surface area (TPSA) is 55.1 Å². The maximum atomic E-state index is 12.0. The van der Waals surface area contributed by atoms with Crippen LogP contribution in [-0.4, -0.2) is 12.5 Å². The first-order valence-electron chi connectivity index (χ1n) is 3.07. The number of hydrogen-bond acceptors (Lipinski definition) is 2. The standard InChI is InChI=1S/C7H11FN2O/c1-5(7(9)11)3-10-4-6(2)8/h3,10H,2,4H2,1H3,(H2,9,11)/b5-3-. The van der Waals surface area contributed by atoms with Gasteiger partial charge in [-0.1, -0.05) is 6.58 Å². The van der Waals surface area contributed by atoms with Crippen molar-refractivity contribution < 1.29 is 9.18 Å². The molecule has 0 aliphatic rings. The van der Waals surface area contributed by atoms with Crippen LogP contribution in [-0.2, 0) is 4.79 Å². The highest BCUT2D eigenvalue weighted by atomic mass is 19.1. The van der Waals surface area contributed by atoms with Crippen LogP contribution in [0.1, 0.15) is 6.92 Å². The van der Waals surface area contributed by atoms with Crippen molar-refractivity contribution in [2.45, 2.75) is 6.92 Å². The van der Waals surface area contributed by atoms with Gasteiger partial charge in [0.05, 0.1) is 6.54 Å². The molecule has 0 aliphatic heterocycles. The minimum absolute atomic E-state index is 0.00458. The zero-order valence-electron chi connectivity index (χ0n) is 6.36. The van der Waals surface area contributed by atoms with Crippen molar-refractivity contribution >= 4 is 5.91 Å². The Morgan fingerprint density at radius 1 is 1.82 bits per heavy atom. The Morgan fingerprint density at radius 2 is 2.36 bits per heavy atom. The second kappa shape index (κ2) is 4.49. The van der Waals surface area contributed by atoms with Gasteiger partial charge in [-0.2, -0.15) is 0 Å². The highest BCUT2D eigenvalue weighted by Gasteiger charge is 1.94. The fraction of sp³-hybridized carbons (Fsp3) is 0.286. The number of hydrogen-bond donors (Lipinski definition) is 2. The van der Waals surface area contributed by atoms with E-state index in [0.29, 0.717) is 5.57 Å². The summed E-state index contributed by atoms with van der Waals surface area (Å²) in [6, 6.07) is 0. The van der Waals surface area contributed by atoms with Crippen LogP contribution in [0.25, 0.3) is 0 Å². The van der Waals surface area contributed by atoms with Crippen LogP contribution in [0.2, 0.25) is 0 Å². The van der Waals surface area contributed by atoms with E-state index in [0.717, 1.165) is 0 Å². The summed E-state index contributed by atoms with van der Waals surface area (Å²) in [6.45, 7) is 4.56. The fourth-order valence-electron chi connectivity index (χ4n) is 0.386. The first-order chi connectivity index (χ1) is 5.04. The number of rotatable bonds is 4. The van der Waals surface area contributed by atoms with Gasteiger partial charge in [-0.25, -0.2) is 4.39 Å². The van der Waals surface area contributed by atoms with Crippen molar-refractivity contribution in [3.8, 4) is 0 Å². The monoisotopic (exact) mass is 158 g/mol. The van der Waals surface area contributed by atoms with E-state index in [1.54, 1.807) is 0 Å². The lowest BCUT2D eigenvalue weighted by atomic mass is 10.3. The molecule has 3 nitrogen and oxygen atoms in total. The molecule has 0 rings (SSSR count). The number of amides is 1. The summed E-state index contributed by atoms with van der Waals surface area (Å²) in [6.07, 6.45) is 1.35. The Bertz CT molecular complexity index is 199. The molecule has 0 unspecified atom stereocenters. The maximum Gasteiger partial charge on any atom is 0.245 e. The molecule has 0 radical (unpaired) electrons. The summed E-state index contributed by atoms with van der Waals surface area (Å²) < 4.78 is 12.0. The third-order valence-electron chi connectivity index (χ3n) is 1.00. The summed E-state index contributed by atoms with van der Waals surface area (Å²) in [5, 5.41) is 2.53. The number of primary amides is 1. The first kappa shape index (κ1) is 9.68. The van der Waals surface area contributed by atoms with Crippen molar-refractivity contribution in [3.05, 3.63) is 24.2 Å². The molecule has 62 valence electrons. The van der Waals surface area contributed by atoms with Crippen molar-refractivity contribution in [1.29, 1.82) is 0 Å². The van der Waals surface area contributed by atoms with Gasteiger partial charge in [-0.15, -0.1) is 0 Å². The van der Waals surface area contributed by atoms with E-state index in [4.69, 9.17) is 5.73 Å². The largest absolute Gasteiger partial charge is 0.384 e. The average molecular weight is 158 g/mol. The summed E-state index contributed by atoms with van der Waals surface area (Å²) in [5.41, 5.74) is 5.24. The molecule has 0 fully saturated rings. The van der Waals surface area contributed by atoms with Gasteiger partial charge in [-0.05, 0) is 6.92 Å². The highest BCUT2D eigenvalue weighted by molar-refractivity contribution is 5.91. The highest BCUT2D eigenvalue weighted by Crippen LogP contribution is 1.89. The second-order valence-corrected chi connectivity index (χ2v) is 2.09. The van der Waals surface area contributed by atoms with E-state index in [1.165, 1.54) is 13.1 Å². The van der Waals surface area contributed by atoms with Gasteiger partial charge >= 0.3 is 0 Å². The van der Waals surface area contributed by atoms with E-state index in [1.807, 2.05) is 0 Å². The lowest BCUT2D eigenvalue weighted by Crippen LogP contribution is -2.16. The predicted octanol–water partition coefficient (Wildman–Crippen LogP) is 0.448. The molecule has 3 N–H and O–H groups in total. The summed E-state index contributed by atoms with van der Waals surface area (Å²) in [4.78, 5) is 10.4. The Hall–Kier alpha value is -1.32. The smallest absolute Gasteiger partial charge is 0.245 e. The van der Waals surface area contributed by atoms with Crippen LogP contribution < -0.4 is 11.1 Å². The summed E-state index contributed by atoms with van der Waals surface area (Å²) in [5.74, 6) is -1.01. The van der Waals surface area contributed by atoms with Crippen LogP contribution in [0.15, 0.2) is 24.2 Å². The molecule has 0 aromatic rings. The van der Waals surface area contributed by atoms with E-state index >= 15 is 0 Å². The molecule has 0 saturated heterocycles. The Labute approximate surface area is 64.8 Å². The molecule has 0 bridgehead atoms. The van der Waals surface area contributed by atoms with Gasteiger partial charge in [0.25, 0.3) is 0 Å². The summed E-state index contributed by atoms with van der Waals surface area (Å²) in [7, 11) is 0. The zero-order chi connectivity index (χ0) is 8.85. The van der Waals surface area contributed by atoms with Crippen LogP contribution >= 0.6 is 0 Å². The fourth-order valence-corrected chi connectivity index (χ4v) is 0.386.